The topological polar surface area (TPSA) is 126 Å². The average molecular weight is 752 g/mol. The van der Waals surface area contributed by atoms with Gasteiger partial charge in [-0.3, -0.25) is 24.0 Å². The van der Waals surface area contributed by atoms with Crippen LogP contribution in [0.25, 0.3) is 22.0 Å². The molecule has 0 radical (unpaired) electrons. The summed E-state index contributed by atoms with van der Waals surface area (Å²) in [7, 11) is 0. The molecule has 0 saturated carbocycles. The van der Waals surface area contributed by atoms with Gasteiger partial charge in [-0.05, 0) is 107 Å². The molecule has 4 aromatic rings. The fourth-order valence-corrected chi connectivity index (χ4v) is 8.48. The van der Waals surface area contributed by atoms with E-state index in [1.807, 2.05) is 44.2 Å². The first-order valence-electron chi connectivity index (χ1n) is 17.4. The number of ketones is 1. The first kappa shape index (κ1) is 35.0. The Kier molecular flexibility index (Phi) is 8.66. The smallest absolute Gasteiger partial charge is 0.248 e. The zero-order valence-electron chi connectivity index (χ0n) is 30.2. The molecular weight excluding hydrogens is 708 g/mol. The Morgan fingerprint density at radius 1 is 1.00 bits per heavy atom. The second-order valence-electron chi connectivity index (χ2n) is 15.6. The number of aryl methyl sites for hydroxylation is 1. The lowest BCUT2D eigenvalue weighted by atomic mass is 9.76. The van der Waals surface area contributed by atoms with Crippen molar-refractivity contribution in [1.82, 2.24) is 34.5 Å². The molecule has 2 saturated heterocycles. The highest BCUT2D eigenvalue weighted by molar-refractivity contribution is 9.10. The minimum absolute atomic E-state index is 0.0223. The summed E-state index contributed by atoms with van der Waals surface area (Å²) in [5.41, 5.74) is 2.91. The molecule has 0 spiro atoms. The van der Waals surface area contributed by atoms with Gasteiger partial charge in [-0.1, -0.05) is 24.0 Å². The summed E-state index contributed by atoms with van der Waals surface area (Å²) in [6.45, 7) is 14.8. The van der Waals surface area contributed by atoms with Crippen molar-refractivity contribution in [1.29, 1.82) is 0 Å². The van der Waals surface area contributed by atoms with Crippen molar-refractivity contribution in [2.24, 2.45) is 5.41 Å². The first-order valence-corrected chi connectivity index (χ1v) is 18.2. The van der Waals surface area contributed by atoms with Gasteiger partial charge in [0.1, 0.15) is 40.6 Å². The van der Waals surface area contributed by atoms with Crippen LogP contribution in [0.15, 0.2) is 47.3 Å². The number of benzene rings is 1. The number of nitrogens with one attached hydrogen (secondary N) is 1. The van der Waals surface area contributed by atoms with Crippen LogP contribution in [-0.4, -0.2) is 75.3 Å². The third-order valence-electron chi connectivity index (χ3n) is 11.0. The number of piperidine rings is 1. The zero-order chi connectivity index (χ0) is 36.5. The van der Waals surface area contributed by atoms with Gasteiger partial charge in [0.15, 0.2) is 5.78 Å². The van der Waals surface area contributed by atoms with Crippen LogP contribution in [0.3, 0.4) is 0 Å². The van der Waals surface area contributed by atoms with Crippen LogP contribution in [0.5, 0.6) is 0 Å². The van der Waals surface area contributed by atoms with Crippen LogP contribution in [0.1, 0.15) is 89.1 Å². The van der Waals surface area contributed by atoms with E-state index < -0.39 is 17.5 Å². The number of pyridine rings is 1. The number of carbonyl (C=O) groups excluding carboxylic acids is 3. The van der Waals surface area contributed by atoms with Gasteiger partial charge in [0.2, 0.25) is 11.8 Å². The second kappa shape index (κ2) is 12.6. The Bertz CT molecular complexity index is 2130. The van der Waals surface area contributed by atoms with Gasteiger partial charge in [-0.15, -0.1) is 0 Å². The molecular formula is C39H43BrN8O3. The molecule has 2 amide bonds. The molecule has 0 unspecified atom stereocenters. The van der Waals surface area contributed by atoms with Gasteiger partial charge in [0.25, 0.3) is 0 Å². The van der Waals surface area contributed by atoms with Crippen molar-refractivity contribution >= 4 is 50.2 Å². The van der Waals surface area contributed by atoms with Crippen molar-refractivity contribution in [3.8, 4) is 23.0 Å². The lowest BCUT2D eigenvalue weighted by Crippen LogP contribution is -2.57. The van der Waals surface area contributed by atoms with E-state index in [0.29, 0.717) is 40.1 Å². The average Bonchev–Trinajstić information content (AvgIpc) is 3.51. The van der Waals surface area contributed by atoms with E-state index in [1.165, 1.54) is 13.3 Å². The number of carbonyl (C=O) groups is 3. The van der Waals surface area contributed by atoms with E-state index in [0.717, 1.165) is 29.5 Å². The number of halogens is 1. The number of amides is 2. The summed E-state index contributed by atoms with van der Waals surface area (Å²) < 4.78 is 2.16. The number of nitrogens with zero attached hydrogens (tertiary/aromatic N) is 7. The molecule has 2 aliphatic heterocycles. The fraction of sp³-hybridized carbons (Fsp3) is 0.462. The maximum atomic E-state index is 14.3. The van der Waals surface area contributed by atoms with E-state index in [4.69, 9.17) is 4.98 Å². The summed E-state index contributed by atoms with van der Waals surface area (Å²) in [5.74, 6) is 6.67. The second-order valence-corrected chi connectivity index (χ2v) is 16.4. The zero-order valence-corrected chi connectivity index (χ0v) is 31.8. The summed E-state index contributed by atoms with van der Waals surface area (Å²) in [6.07, 6.45) is 7.22. The van der Waals surface area contributed by atoms with E-state index in [2.05, 4.69) is 80.7 Å². The molecule has 12 heteroatoms. The van der Waals surface area contributed by atoms with Crippen LogP contribution in [0.4, 0.5) is 5.82 Å². The molecule has 1 aliphatic carbocycles. The van der Waals surface area contributed by atoms with Crippen LogP contribution < -0.4 is 5.32 Å². The minimum atomic E-state index is -0.784. The Morgan fingerprint density at radius 3 is 2.35 bits per heavy atom. The quantitative estimate of drug-likeness (QED) is 0.126. The number of hydrogen-bond acceptors (Lipinski definition) is 8. The van der Waals surface area contributed by atoms with Crippen molar-refractivity contribution in [3.63, 3.8) is 0 Å². The van der Waals surface area contributed by atoms with Crippen molar-refractivity contribution in [3.05, 3.63) is 64.4 Å². The maximum absolute atomic E-state index is 14.3. The van der Waals surface area contributed by atoms with E-state index in [9.17, 15) is 14.4 Å². The Labute approximate surface area is 306 Å². The molecule has 3 atom stereocenters. The standard InChI is InChI=1S/C39H43BrN8O3/c1-23(49)34-28-17-25(27-19-41-24(2)42-20-27)9-11-29(28)46(45-34)22-33(50)48-30(18-39(7)16-13-31(39)48)36(51)44-35-26(10-12-32(40)43-35)21-47-37(3,4)14-8-15-38(47,5)6/h9-12,17,19-20,30-31H,8,14-15,18,21-22H2,1-7H3,(H,43,44,51)/t30-,31+,39+/m0/s1. The van der Waals surface area contributed by atoms with Gasteiger partial charge in [-0.25, -0.2) is 15.0 Å². The van der Waals surface area contributed by atoms with E-state index in [-0.39, 0.29) is 40.9 Å². The van der Waals surface area contributed by atoms with E-state index >= 15 is 0 Å². The molecule has 7 rings (SSSR count). The first-order chi connectivity index (χ1) is 24.1. The summed E-state index contributed by atoms with van der Waals surface area (Å²) in [6, 6.07) is 8.34. The van der Waals surface area contributed by atoms with Gasteiger partial charge in [0.05, 0.1) is 10.9 Å². The molecule has 2 fully saturated rings. The molecule has 1 aromatic carbocycles. The third-order valence-corrected chi connectivity index (χ3v) is 11.4. The van der Waals surface area contributed by atoms with Gasteiger partial charge >= 0.3 is 0 Å². The normalized spacial score (nSPS) is 23.3. The SMILES string of the molecule is CC(=O)c1nn(CC(=O)N2[C@H](C(=O)Nc3nc(Br)ccc3CN3C(C)(C)CCCC3(C)C)C[C@@]3(C)C#C[C@@H]23)c2ccc(-c3cnc(C)nc3)cc12. The molecule has 5 heterocycles. The molecule has 3 aromatic heterocycles. The number of rotatable bonds is 8. The lowest BCUT2D eigenvalue weighted by molar-refractivity contribution is -0.138. The highest BCUT2D eigenvalue weighted by atomic mass is 79.9. The number of likely N-dealkylation sites (tertiary alicyclic amines) is 2. The van der Waals surface area contributed by atoms with Crippen molar-refractivity contribution in [2.75, 3.05) is 5.32 Å². The van der Waals surface area contributed by atoms with Crippen LogP contribution >= 0.6 is 15.9 Å². The Balaban J connectivity index is 1.16. The number of anilines is 1. The number of fused-ring (bicyclic) bond motifs is 2. The molecule has 1 N–H and O–H groups in total. The molecule has 11 nitrogen and oxygen atoms in total. The molecule has 3 aliphatic rings. The number of aromatic nitrogens is 5. The summed E-state index contributed by atoms with van der Waals surface area (Å²) in [4.78, 5) is 58.7. The van der Waals surface area contributed by atoms with Gasteiger partial charge < -0.3 is 10.2 Å². The monoisotopic (exact) mass is 750 g/mol. The molecule has 264 valence electrons. The third kappa shape index (κ3) is 6.35. The number of Topliss-reactive ketones (excluding diaryl/α,β-unsaturated/α-hetero) is 1. The Hall–Kier alpha value is -4.47. The highest BCUT2D eigenvalue weighted by Crippen LogP contribution is 2.45. The van der Waals surface area contributed by atoms with Crippen LogP contribution in [-0.2, 0) is 22.7 Å². The van der Waals surface area contributed by atoms with Crippen LogP contribution in [0, 0.1) is 24.2 Å². The molecule has 51 heavy (non-hydrogen) atoms. The van der Waals surface area contributed by atoms with Crippen LogP contribution in [0.2, 0.25) is 0 Å². The number of hydrogen-bond donors (Lipinski definition) is 1. The van der Waals surface area contributed by atoms with E-state index in [1.54, 1.807) is 22.0 Å². The van der Waals surface area contributed by atoms with Crippen molar-refractivity contribution in [2.45, 2.75) is 110 Å². The predicted molar refractivity (Wildman–Crippen MR) is 199 cm³/mol. The molecule has 0 bridgehead atoms. The summed E-state index contributed by atoms with van der Waals surface area (Å²) >= 11 is 3.50. The fourth-order valence-electron chi connectivity index (χ4n) is 8.17. The van der Waals surface area contributed by atoms with Gasteiger partial charge in [0, 0.05) is 53.5 Å². The van der Waals surface area contributed by atoms with Crippen molar-refractivity contribution < 1.29 is 14.4 Å². The van der Waals surface area contributed by atoms with Gasteiger partial charge in [-0.2, -0.15) is 5.10 Å². The maximum Gasteiger partial charge on any atom is 0.248 e. The minimum Gasteiger partial charge on any atom is -0.314 e. The largest absolute Gasteiger partial charge is 0.314 e. The highest BCUT2D eigenvalue weighted by Gasteiger charge is 2.56. The lowest BCUT2D eigenvalue weighted by Gasteiger charge is -2.53. The summed E-state index contributed by atoms with van der Waals surface area (Å²) in [5, 5.41) is 8.34. The Morgan fingerprint density at radius 2 is 1.71 bits per heavy atom. The predicted octanol–water partition coefficient (Wildman–Crippen LogP) is 6.34.